The first-order chi connectivity index (χ1) is 11.5. The summed E-state index contributed by atoms with van der Waals surface area (Å²) in [7, 11) is 3.46. The highest BCUT2D eigenvalue weighted by molar-refractivity contribution is 6.00. The molecule has 0 saturated carbocycles. The van der Waals surface area contributed by atoms with Crippen molar-refractivity contribution in [2.24, 2.45) is 7.05 Å². The normalized spacial score (nSPS) is 20.9. The maximum absolute atomic E-state index is 13.1. The fourth-order valence-electron chi connectivity index (χ4n) is 3.35. The smallest absolute Gasteiger partial charge is 0.257 e. The van der Waals surface area contributed by atoms with Gasteiger partial charge in [-0.1, -0.05) is 12.1 Å². The molecule has 1 fully saturated rings. The van der Waals surface area contributed by atoms with Gasteiger partial charge in [0.25, 0.3) is 5.91 Å². The Balaban J connectivity index is 1.99. The highest BCUT2D eigenvalue weighted by Crippen LogP contribution is 2.31. The van der Waals surface area contributed by atoms with Crippen molar-refractivity contribution >= 4 is 5.91 Å². The number of para-hydroxylation sites is 1. The van der Waals surface area contributed by atoms with Gasteiger partial charge in [0.1, 0.15) is 11.4 Å². The summed E-state index contributed by atoms with van der Waals surface area (Å²) in [6, 6.07) is 8.21. The lowest BCUT2D eigenvalue weighted by Gasteiger charge is -2.36. The van der Waals surface area contributed by atoms with Gasteiger partial charge in [-0.2, -0.15) is 5.10 Å². The van der Waals surface area contributed by atoms with E-state index in [0.717, 1.165) is 5.56 Å². The summed E-state index contributed by atoms with van der Waals surface area (Å²) >= 11 is 0. The van der Waals surface area contributed by atoms with Gasteiger partial charge in [-0.25, -0.2) is 0 Å². The third-order valence-corrected chi connectivity index (χ3v) is 4.27. The predicted octanol–water partition coefficient (Wildman–Crippen LogP) is 1.92. The number of carbonyl (C=O) groups excluding carboxylic acids is 1. The molecule has 0 aliphatic carbocycles. The number of benzene rings is 1. The molecule has 2 atom stereocenters. The Morgan fingerprint density at radius 3 is 2.58 bits per heavy atom. The van der Waals surface area contributed by atoms with Crippen molar-refractivity contribution in [3.05, 3.63) is 36.0 Å². The zero-order valence-corrected chi connectivity index (χ0v) is 14.6. The summed E-state index contributed by atoms with van der Waals surface area (Å²) in [5, 5.41) is 7.97. The summed E-state index contributed by atoms with van der Waals surface area (Å²) in [4.78, 5) is 15.0. The molecular formula is C18H24N4O2. The number of nitrogens with one attached hydrogen (secondary N) is 1. The van der Waals surface area contributed by atoms with Crippen LogP contribution < -0.4 is 10.1 Å². The second kappa shape index (κ2) is 6.65. The second-order valence-corrected chi connectivity index (χ2v) is 6.44. The monoisotopic (exact) mass is 328 g/mol. The number of aromatic nitrogens is 2. The molecule has 1 aliphatic heterocycles. The number of rotatable bonds is 3. The Bertz CT molecular complexity index is 730. The average Bonchev–Trinajstić information content (AvgIpc) is 2.94. The Labute approximate surface area is 142 Å². The zero-order valence-electron chi connectivity index (χ0n) is 14.6. The van der Waals surface area contributed by atoms with Gasteiger partial charge >= 0.3 is 0 Å². The number of nitrogens with zero attached hydrogens (tertiary/aromatic N) is 3. The van der Waals surface area contributed by atoms with Crippen LogP contribution in [0.4, 0.5) is 0 Å². The van der Waals surface area contributed by atoms with E-state index in [1.54, 1.807) is 18.0 Å². The van der Waals surface area contributed by atoms with Gasteiger partial charge in [-0.3, -0.25) is 9.48 Å². The van der Waals surface area contributed by atoms with Gasteiger partial charge in [0.2, 0.25) is 0 Å². The molecule has 24 heavy (non-hydrogen) atoms. The number of hydrogen-bond donors (Lipinski definition) is 1. The van der Waals surface area contributed by atoms with Crippen LogP contribution in [-0.2, 0) is 7.05 Å². The Morgan fingerprint density at radius 2 is 1.92 bits per heavy atom. The maximum Gasteiger partial charge on any atom is 0.257 e. The van der Waals surface area contributed by atoms with Gasteiger partial charge in [0.05, 0.1) is 12.7 Å². The lowest BCUT2D eigenvalue weighted by Crippen LogP contribution is -2.55. The summed E-state index contributed by atoms with van der Waals surface area (Å²) in [6.45, 7) is 5.59. The van der Waals surface area contributed by atoms with Crippen molar-refractivity contribution in [2.45, 2.75) is 25.9 Å². The molecule has 1 aromatic heterocycles. The van der Waals surface area contributed by atoms with E-state index < -0.39 is 0 Å². The van der Waals surface area contributed by atoms with Gasteiger partial charge < -0.3 is 15.0 Å². The molecule has 128 valence electrons. The van der Waals surface area contributed by atoms with Crippen molar-refractivity contribution < 1.29 is 9.53 Å². The number of aryl methyl sites for hydroxylation is 1. The minimum Gasteiger partial charge on any atom is -0.496 e. The highest BCUT2D eigenvalue weighted by Gasteiger charge is 2.29. The van der Waals surface area contributed by atoms with Crippen LogP contribution in [0.15, 0.2) is 30.5 Å². The van der Waals surface area contributed by atoms with Crippen molar-refractivity contribution in [1.82, 2.24) is 20.0 Å². The quantitative estimate of drug-likeness (QED) is 0.935. The zero-order chi connectivity index (χ0) is 17.3. The number of carbonyl (C=O) groups is 1. The molecular weight excluding hydrogens is 304 g/mol. The first kappa shape index (κ1) is 16.5. The molecule has 6 heteroatoms. The number of methoxy groups -OCH3 is 1. The maximum atomic E-state index is 13.1. The summed E-state index contributed by atoms with van der Waals surface area (Å²) < 4.78 is 7.12. The second-order valence-electron chi connectivity index (χ2n) is 6.44. The van der Waals surface area contributed by atoms with Gasteiger partial charge in [0.15, 0.2) is 0 Å². The third kappa shape index (κ3) is 3.14. The van der Waals surface area contributed by atoms with Gasteiger partial charge in [0, 0.05) is 44.0 Å². The lowest BCUT2D eigenvalue weighted by atomic mass is 10.0. The number of amides is 1. The number of piperazine rings is 1. The molecule has 0 bridgehead atoms. The fourth-order valence-corrected chi connectivity index (χ4v) is 3.35. The molecule has 3 rings (SSSR count). The Hall–Kier alpha value is -2.34. The summed E-state index contributed by atoms with van der Waals surface area (Å²) in [5.41, 5.74) is 2.11. The molecule has 1 N–H and O–H groups in total. The molecule has 1 aliphatic rings. The number of ether oxygens (including phenoxy) is 1. The van der Waals surface area contributed by atoms with Crippen LogP contribution >= 0.6 is 0 Å². The standard InChI is InChI=1S/C18H24N4O2/c1-12-9-22(10-13(2)19-12)18(23)15-11-21(3)20-17(15)14-7-5-6-8-16(14)24-4/h5-8,11-13,19H,9-10H2,1-4H3/t12-,13-/m1/s1. The van der Waals surface area contributed by atoms with Crippen LogP contribution in [0.1, 0.15) is 24.2 Å². The van der Waals surface area contributed by atoms with Crippen LogP contribution in [0, 0.1) is 0 Å². The van der Waals surface area contributed by atoms with E-state index in [2.05, 4.69) is 24.3 Å². The molecule has 1 saturated heterocycles. The minimum absolute atomic E-state index is 0.0178. The molecule has 6 nitrogen and oxygen atoms in total. The van der Waals surface area contributed by atoms with Crippen LogP contribution in [0.25, 0.3) is 11.3 Å². The first-order valence-electron chi connectivity index (χ1n) is 8.22. The molecule has 2 aromatic rings. The van der Waals surface area contributed by atoms with E-state index in [-0.39, 0.29) is 18.0 Å². The first-order valence-corrected chi connectivity index (χ1v) is 8.22. The topological polar surface area (TPSA) is 59.4 Å². The lowest BCUT2D eigenvalue weighted by molar-refractivity contribution is 0.0674. The average molecular weight is 328 g/mol. The molecule has 0 spiro atoms. The molecule has 0 unspecified atom stereocenters. The van der Waals surface area contributed by atoms with E-state index in [0.29, 0.717) is 30.1 Å². The predicted molar refractivity (Wildman–Crippen MR) is 93.2 cm³/mol. The van der Waals surface area contributed by atoms with Crippen molar-refractivity contribution in [1.29, 1.82) is 0 Å². The van der Waals surface area contributed by atoms with Crippen LogP contribution in [0.5, 0.6) is 5.75 Å². The fraction of sp³-hybridized carbons (Fsp3) is 0.444. The summed E-state index contributed by atoms with van der Waals surface area (Å²) in [6.07, 6.45) is 1.79. The largest absolute Gasteiger partial charge is 0.496 e. The minimum atomic E-state index is 0.0178. The van der Waals surface area contributed by atoms with E-state index in [4.69, 9.17) is 4.74 Å². The highest BCUT2D eigenvalue weighted by atomic mass is 16.5. The van der Waals surface area contributed by atoms with E-state index >= 15 is 0 Å². The molecule has 1 amide bonds. The van der Waals surface area contributed by atoms with Crippen molar-refractivity contribution in [2.75, 3.05) is 20.2 Å². The van der Waals surface area contributed by atoms with Crippen LogP contribution in [-0.4, -0.2) is 52.9 Å². The molecule has 1 aromatic carbocycles. The number of hydrogen-bond acceptors (Lipinski definition) is 4. The van der Waals surface area contributed by atoms with Crippen LogP contribution in [0.2, 0.25) is 0 Å². The van der Waals surface area contributed by atoms with E-state index in [1.165, 1.54) is 0 Å². The third-order valence-electron chi connectivity index (χ3n) is 4.27. The summed E-state index contributed by atoms with van der Waals surface area (Å²) in [5.74, 6) is 0.733. The molecule has 2 heterocycles. The van der Waals surface area contributed by atoms with E-state index in [1.807, 2.05) is 36.2 Å². The SMILES string of the molecule is COc1ccccc1-c1nn(C)cc1C(=O)N1C[C@@H](C)N[C@H](C)C1. The van der Waals surface area contributed by atoms with E-state index in [9.17, 15) is 4.79 Å². The Kier molecular flexibility index (Phi) is 4.57. The van der Waals surface area contributed by atoms with Gasteiger partial charge in [-0.05, 0) is 26.0 Å². The molecule has 0 radical (unpaired) electrons. The van der Waals surface area contributed by atoms with Crippen molar-refractivity contribution in [3.8, 4) is 17.0 Å². The van der Waals surface area contributed by atoms with Crippen molar-refractivity contribution in [3.63, 3.8) is 0 Å². The van der Waals surface area contributed by atoms with Gasteiger partial charge in [-0.15, -0.1) is 0 Å². The van der Waals surface area contributed by atoms with Crippen LogP contribution in [0.3, 0.4) is 0 Å². The Morgan fingerprint density at radius 1 is 1.25 bits per heavy atom.